The second-order valence-corrected chi connectivity index (χ2v) is 7.01. The van der Waals surface area contributed by atoms with Crippen molar-refractivity contribution in [1.29, 1.82) is 0 Å². The highest BCUT2D eigenvalue weighted by molar-refractivity contribution is 8.00. The number of fused-ring (bicyclic) bond motifs is 5. The Morgan fingerprint density at radius 3 is 3.00 bits per heavy atom. The van der Waals surface area contributed by atoms with Gasteiger partial charge in [0.05, 0.1) is 29.7 Å². The van der Waals surface area contributed by atoms with E-state index in [1.54, 1.807) is 11.9 Å². The first-order chi connectivity index (χ1) is 12.2. The molecule has 1 unspecified atom stereocenters. The Morgan fingerprint density at radius 2 is 2.16 bits per heavy atom. The van der Waals surface area contributed by atoms with Crippen LogP contribution in [0.15, 0.2) is 24.7 Å². The van der Waals surface area contributed by atoms with Crippen molar-refractivity contribution in [3.05, 3.63) is 24.7 Å². The first kappa shape index (κ1) is 14.9. The quantitative estimate of drug-likeness (QED) is 0.511. The number of aryl methyl sites for hydroxylation is 1. The van der Waals surface area contributed by atoms with Gasteiger partial charge < -0.3 is 4.74 Å². The van der Waals surface area contributed by atoms with Gasteiger partial charge in [-0.15, -0.1) is 5.10 Å². The molecule has 4 aromatic rings. The molecule has 1 aliphatic rings. The molecule has 5 heterocycles. The van der Waals surface area contributed by atoms with Crippen LogP contribution in [0.2, 0.25) is 0 Å². The van der Waals surface area contributed by atoms with Gasteiger partial charge in [0.2, 0.25) is 0 Å². The molecule has 1 saturated heterocycles. The molecule has 0 radical (unpaired) electrons. The molecule has 5 rings (SSSR count). The van der Waals surface area contributed by atoms with Crippen LogP contribution in [0.5, 0.6) is 0 Å². The predicted octanol–water partition coefficient (Wildman–Crippen LogP) is 2.48. The minimum atomic E-state index is 0.189. The third-order valence-corrected chi connectivity index (χ3v) is 5.32. The number of nitrogens with zero attached hydrogens (tertiary/aromatic N) is 7. The van der Waals surface area contributed by atoms with Crippen molar-refractivity contribution in [1.82, 2.24) is 29.4 Å². The van der Waals surface area contributed by atoms with E-state index in [1.807, 2.05) is 33.9 Å². The smallest absolute Gasteiger partial charge is 0.163 e. The van der Waals surface area contributed by atoms with Gasteiger partial charge in [-0.25, -0.2) is 19.2 Å². The highest BCUT2D eigenvalue weighted by atomic mass is 32.2. The standard InChI is InChI=1S/C16H17N7OS/c1-3-21-16-12(7-19-21)15-11(6-18-16)5-17-13-4-14(20-23(13)15)22-8-10(2)24-9-25-22/h4-7,10H,3,8-9H2,1-2H3. The molecular formula is C16H17N7OS. The van der Waals surface area contributed by atoms with Gasteiger partial charge in [-0.1, -0.05) is 0 Å². The van der Waals surface area contributed by atoms with Crippen molar-refractivity contribution in [2.24, 2.45) is 0 Å². The maximum absolute atomic E-state index is 5.60. The Morgan fingerprint density at radius 1 is 1.28 bits per heavy atom. The third-order valence-electron chi connectivity index (χ3n) is 4.43. The summed E-state index contributed by atoms with van der Waals surface area (Å²) in [6, 6.07) is 2.01. The van der Waals surface area contributed by atoms with Crippen LogP contribution < -0.4 is 4.31 Å². The number of pyridine rings is 1. The van der Waals surface area contributed by atoms with Crippen LogP contribution >= 0.6 is 11.9 Å². The summed E-state index contributed by atoms with van der Waals surface area (Å²) in [6.45, 7) is 5.72. The molecule has 1 atom stereocenters. The van der Waals surface area contributed by atoms with Crippen LogP contribution in [0.25, 0.3) is 27.6 Å². The molecule has 0 spiro atoms. The molecule has 1 aliphatic heterocycles. The second kappa shape index (κ2) is 5.57. The minimum absolute atomic E-state index is 0.189. The monoisotopic (exact) mass is 355 g/mol. The summed E-state index contributed by atoms with van der Waals surface area (Å²) < 4.78 is 11.6. The van der Waals surface area contributed by atoms with Gasteiger partial charge in [-0.05, 0) is 25.8 Å². The van der Waals surface area contributed by atoms with E-state index in [-0.39, 0.29) is 6.10 Å². The molecule has 0 saturated carbocycles. The second-order valence-electron chi connectivity index (χ2n) is 6.08. The molecular weight excluding hydrogens is 338 g/mol. The Kier molecular flexibility index (Phi) is 3.32. The molecule has 9 heteroatoms. The van der Waals surface area contributed by atoms with E-state index >= 15 is 0 Å². The number of rotatable bonds is 2. The summed E-state index contributed by atoms with van der Waals surface area (Å²) in [5, 5.41) is 11.2. The fourth-order valence-corrected chi connectivity index (χ4v) is 4.13. The maximum Gasteiger partial charge on any atom is 0.163 e. The lowest BCUT2D eigenvalue weighted by atomic mass is 10.2. The summed E-state index contributed by atoms with van der Waals surface area (Å²) in [5.41, 5.74) is 2.68. The van der Waals surface area contributed by atoms with E-state index in [2.05, 4.69) is 33.2 Å². The van der Waals surface area contributed by atoms with Crippen LogP contribution in [-0.4, -0.2) is 48.0 Å². The highest BCUT2D eigenvalue weighted by Crippen LogP contribution is 2.29. The zero-order valence-corrected chi connectivity index (χ0v) is 14.8. The topological polar surface area (TPSA) is 73.4 Å². The summed E-state index contributed by atoms with van der Waals surface area (Å²) in [5.74, 6) is 1.54. The average Bonchev–Trinajstić information content (AvgIpc) is 3.25. The van der Waals surface area contributed by atoms with Gasteiger partial charge in [0.15, 0.2) is 17.1 Å². The lowest BCUT2D eigenvalue weighted by Crippen LogP contribution is -2.33. The number of ether oxygens (including phenoxy) is 1. The third kappa shape index (κ3) is 2.26. The number of hydrogen-bond donors (Lipinski definition) is 0. The molecule has 1 fully saturated rings. The largest absolute Gasteiger partial charge is 0.364 e. The first-order valence-corrected chi connectivity index (χ1v) is 9.20. The van der Waals surface area contributed by atoms with Crippen LogP contribution in [0.4, 0.5) is 5.82 Å². The average molecular weight is 355 g/mol. The van der Waals surface area contributed by atoms with E-state index in [1.165, 1.54) is 0 Å². The molecule has 0 aromatic carbocycles. The molecule has 8 nitrogen and oxygen atoms in total. The first-order valence-electron chi connectivity index (χ1n) is 8.25. The van der Waals surface area contributed by atoms with Gasteiger partial charge >= 0.3 is 0 Å². The minimum Gasteiger partial charge on any atom is -0.364 e. The number of anilines is 1. The van der Waals surface area contributed by atoms with Gasteiger partial charge in [0.1, 0.15) is 5.94 Å². The van der Waals surface area contributed by atoms with Gasteiger partial charge in [-0.3, -0.25) is 4.31 Å². The summed E-state index contributed by atoms with van der Waals surface area (Å²) in [6.07, 6.45) is 5.74. The lowest BCUT2D eigenvalue weighted by molar-refractivity contribution is 0.105. The lowest BCUT2D eigenvalue weighted by Gasteiger charge is -2.29. The van der Waals surface area contributed by atoms with Crippen LogP contribution in [0, 0.1) is 0 Å². The highest BCUT2D eigenvalue weighted by Gasteiger charge is 2.21. The van der Waals surface area contributed by atoms with Crippen molar-refractivity contribution < 1.29 is 4.74 Å². The molecule has 0 amide bonds. The number of aromatic nitrogens is 6. The molecule has 0 bridgehead atoms. The molecule has 25 heavy (non-hydrogen) atoms. The Bertz CT molecular complexity index is 1090. The molecule has 128 valence electrons. The zero-order valence-electron chi connectivity index (χ0n) is 14.0. The Balaban J connectivity index is 1.75. The normalized spacial score (nSPS) is 18.6. The summed E-state index contributed by atoms with van der Waals surface area (Å²) in [4.78, 5) is 9.09. The maximum atomic E-state index is 5.60. The van der Waals surface area contributed by atoms with Gasteiger partial charge in [0.25, 0.3) is 0 Å². The fourth-order valence-electron chi connectivity index (χ4n) is 3.17. The zero-order chi connectivity index (χ0) is 17.0. The van der Waals surface area contributed by atoms with E-state index in [0.29, 0.717) is 5.94 Å². The fraction of sp³-hybridized carbons (Fsp3) is 0.375. The molecule has 0 N–H and O–H groups in total. The summed E-state index contributed by atoms with van der Waals surface area (Å²) in [7, 11) is 0. The van der Waals surface area contributed by atoms with E-state index in [4.69, 9.17) is 9.84 Å². The van der Waals surface area contributed by atoms with Gasteiger partial charge in [0, 0.05) is 30.4 Å². The Labute approximate surface area is 147 Å². The van der Waals surface area contributed by atoms with Crippen molar-refractivity contribution in [2.75, 3.05) is 16.8 Å². The van der Waals surface area contributed by atoms with Gasteiger partial charge in [-0.2, -0.15) is 5.10 Å². The van der Waals surface area contributed by atoms with Crippen molar-refractivity contribution >= 4 is 45.3 Å². The van der Waals surface area contributed by atoms with Crippen molar-refractivity contribution in [2.45, 2.75) is 26.5 Å². The molecule has 0 aliphatic carbocycles. The van der Waals surface area contributed by atoms with Crippen molar-refractivity contribution in [3.8, 4) is 0 Å². The van der Waals surface area contributed by atoms with E-state index in [0.717, 1.165) is 46.5 Å². The van der Waals surface area contributed by atoms with Crippen LogP contribution in [-0.2, 0) is 11.3 Å². The Hall–Kier alpha value is -2.39. The molecule has 4 aromatic heterocycles. The van der Waals surface area contributed by atoms with E-state index in [9.17, 15) is 0 Å². The van der Waals surface area contributed by atoms with E-state index < -0.39 is 0 Å². The predicted molar refractivity (Wildman–Crippen MR) is 97.6 cm³/mol. The SMILES string of the molecule is CCn1ncc2c1ncc1cnc3cc(N4CC(C)OCS4)nn3c12. The van der Waals surface area contributed by atoms with Crippen LogP contribution in [0.1, 0.15) is 13.8 Å². The van der Waals surface area contributed by atoms with Crippen LogP contribution in [0.3, 0.4) is 0 Å². The number of hydrogen-bond acceptors (Lipinski definition) is 7. The van der Waals surface area contributed by atoms with Crippen molar-refractivity contribution in [3.63, 3.8) is 0 Å². The summed E-state index contributed by atoms with van der Waals surface area (Å²) >= 11 is 1.63.